The van der Waals surface area contributed by atoms with Crippen molar-refractivity contribution in [3.63, 3.8) is 0 Å². The Bertz CT molecular complexity index is 761. The Hall–Kier alpha value is -2.34. The van der Waals surface area contributed by atoms with Crippen LogP contribution < -0.4 is 10.2 Å². The Morgan fingerprint density at radius 1 is 1.25 bits per heavy atom. The van der Waals surface area contributed by atoms with Crippen LogP contribution in [0.4, 0.5) is 10.5 Å². The molecule has 0 bridgehead atoms. The molecule has 2 aromatic carbocycles. The minimum Gasteiger partial charge on any atom is -0.337 e. The first-order valence-electron chi connectivity index (χ1n) is 7.70. The number of carbonyl (C=O) groups excluding carboxylic acids is 2. The first kappa shape index (κ1) is 16.5. The van der Waals surface area contributed by atoms with E-state index in [1.165, 1.54) is 0 Å². The fraction of sp³-hybridized carbons (Fsp3) is 0.222. The van der Waals surface area contributed by atoms with Crippen LogP contribution in [0.2, 0.25) is 0 Å². The predicted molar refractivity (Wildman–Crippen MR) is 97.1 cm³/mol. The molecule has 5 nitrogen and oxygen atoms in total. The lowest BCUT2D eigenvalue weighted by molar-refractivity contribution is 0.0785. The number of hydrogen-bond donors (Lipinski definition) is 1. The molecule has 0 aliphatic carbocycles. The fourth-order valence-electron chi connectivity index (χ4n) is 2.68. The van der Waals surface area contributed by atoms with Crippen LogP contribution >= 0.6 is 15.9 Å². The molecule has 0 saturated carbocycles. The zero-order valence-corrected chi connectivity index (χ0v) is 14.9. The van der Waals surface area contributed by atoms with Crippen LogP contribution in [0, 0.1) is 0 Å². The highest BCUT2D eigenvalue weighted by atomic mass is 79.9. The van der Waals surface area contributed by atoms with Crippen molar-refractivity contribution in [1.29, 1.82) is 0 Å². The quantitative estimate of drug-likeness (QED) is 0.875. The molecule has 1 aliphatic rings. The number of benzene rings is 2. The normalized spacial score (nSPS) is 13.8. The molecule has 0 aromatic heterocycles. The highest BCUT2D eigenvalue weighted by Gasteiger charge is 2.22. The molecule has 1 fully saturated rings. The summed E-state index contributed by atoms with van der Waals surface area (Å²) < 4.78 is 1.01. The molecule has 0 unspecified atom stereocenters. The van der Waals surface area contributed by atoms with E-state index in [1.54, 1.807) is 29.0 Å². The van der Waals surface area contributed by atoms with Gasteiger partial charge < -0.3 is 10.2 Å². The number of hydrogen-bond acceptors (Lipinski definition) is 2. The zero-order chi connectivity index (χ0) is 17.1. The molecule has 1 saturated heterocycles. The van der Waals surface area contributed by atoms with Gasteiger partial charge in [0.15, 0.2) is 0 Å². The molecule has 3 amide bonds. The number of nitrogens with one attached hydrogen (secondary N) is 1. The van der Waals surface area contributed by atoms with Gasteiger partial charge in [-0.1, -0.05) is 34.1 Å². The Morgan fingerprint density at radius 3 is 2.67 bits per heavy atom. The summed E-state index contributed by atoms with van der Waals surface area (Å²) in [5.74, 6) is -0.0700. The average molecular weight is 388 g/mol. The summed E-state index contributed by atoms with van der Waals surface area (Å²) >= 11 is 3.40. The van der Waals surface area contributed by atoms with Crippen LogP contribution in [-0.4, -0.2) is 37.0 Å². The minimum atomic E-state index is -0.122. The van der Waals surface area contributed by atoms with Crippen molar-refractivity contribution in [2.45, 2.75) is 6.54 Å². The summed E-state index contributed by atoms with van der Waals surface area (Å²) in [4.78, 5) is 27.8. The minimum absolute atomic E-state index is 0.0700. The van der Waals surface area contributed by atoms with Crippen LogP contribution in [0.3, 0.4) is 0 Å². The van der Waals surface area contributed by atoms with Gasteiger partial charge in [-0.05, 0) is 35.9 Å². The van der Waals surface area contributed by atoms with E-state index in [0.717, 1.165) is 15.7 Å². The Labute approximate surface area is 149 Å². The van der Waals surface area contributed by atoms with E-state index in [2.05, 4.69) is 21.2 Å². The van der Waals surface area contributed by atoms with Crippen molar-refractivity contribution < 1.29 is 9.59 Å². The average Bonchev–Trinajstić information content (AvgIpc) is 3.02. The Morgan fingerprint density at radius 2 is 2.00 bits per heavy atom. The van der Waals surface area contributed by atoms with Crippen molar-refractivity contribution >= 4 is 33.6 Å². The van der Waals surface area contributed by atoms with Gasteiger partial charge in [-0.2, -0.15) is 0 Å². The summed E-state index contributed by atoms with van der Waals surface area (Å²) in [7, 11) is 1.78. The van der Waals surface area contributed by atoms with Crippen LogP contribution in [0.1, 0.15) is 15.9 Å². The molecule has 3 rings (SSSR count). The van der Waals surface area contributed by atoms with Crippen molar-refractivity contribution in [3.8, 4) is 0 Å². The maximum atomic E-state index is 12.7. The second-order valence-corrected chi connectivity index (χ2v) is 6.64. The van der Waals surface area contributed by atoms with E-state index in [0.29, 0.717) is 25.2 Å². The largest absolute Gasteiger partial charge is 0.337 e. The van der Waals surface area contributed by atoms with Gasteiger partial charge in [-0.25, -0.2) is 4.79 Å². The number of rotatable bonds is 4. The van der Waals surface area contributed by atoms with Crippen molar-refractivity contribution in [2.75, 3.05) is 25.0 Å². The van der Waals surface area contributed by atoms with E-state index >= 15 is 0 Å². The van der Waals surface area contributed by atoms with Gasteiger partial charge in [-0.3, -0.25) is 9.69 Å². The van der Waals surface area contributed by atoms with Gasteiger partial charge in [0.2, 0.25) is 0 Å². The second-order valence-electron chi connectivity index (χ2n) is 5.72. The molecule has 124 valence electrons. The highest BCUT2D eigenvalue weighted by Crippen LogP contribution is 2.20. The Kier molecular flexibility index (Phi) is 4.85. The van der Waals surface area contributed by atoms with E-state index < -0.39 is 0 Å². The molecule has 24 heavy (non-hydrogen) atoms. The third-order valence-corrected chi connectivity index (χ3v) is 4.47. The van der Waals surface area contributed by atoms with Gasteiger partial charge in [0.25, 0.3) is 5.91 Å². The SMILES string of the molecule is CN(Cc1ccc(Br)cc1)C(=O)c1cccc(N2CCNC2=O)c1. The number of urea groups is 1. The number of amides is 3. The molecule has 6 heteroatoms. The predicted octanol–water partition coefficient (Wildman–Crippen LogP) is 3.25. The first-order chi connectivity index (χ1) is 11.5. The van der Waals surface area contributed by atoms with Crippen LogP contribution in [0.25, 0.3) is 0 Å². The van der Waals surface area contributed by atoms with Crippen molar-refractivity contribution in [2.24, 2.45) is 0 Å². The Balaban J connectivity index is 1.74. The summed E-state index contributed by atoms with van der Waals surface area (Å²) in [5.41, 5.74) is 2.38. The molecule has 0 atom stereocenters. The summed E-state index contributed by atoms with van der Waals surface area (Å²) in [6.07, 6.45) is 0. The summed E-state index contributed by atoms with van der Waals surface area (Å²) in [6, 6.07) is 15.0. The van der Waals surface area contributed by atoms with E-state index in [4.69, 9.17) is 0 Å². The number of halogens is 1. The summed E-state index contributed by atoms with van der Waals surface area (Å²) in [6.45, 7) is 1.77. The maximum absolute atomic E-state index is 12.7. The molecule has 1 heterocycles. The van der Waals surface area contributed by atoms with Crippen molar-refractivity contribution in [1.82, 2.24) is 10.2 Å². The number of carbonyl (C=O) groups is 2. The van der Waals surface area contributed by atoms with Crippen LogP contribution in [-0.2, 0) is 6.54 Å². The second kappa shape index (κ2) is 7.05. The van der Waals surface area contributed by atoms with E-state index in [1.807, 2.05) is 36.4 Å². The molecule has 2 aromatic rings. The van der Waals surface area contributed by atoms with Gasteiger partial charge in [-0.15, -0.1) is 0 Å². The highest BCUT2D eigenvalue weighted by molar-refractivity contribution is 9.10. The molecule has 0 spiro atoms. The van der Waals surface area contributed by atoms with Gasteiger partial charge in [0.1, 0.15) is 0 Å². The van der Waals surface area contributed by atoms with Crippen molar-refractivity contribution in [3.05, 3.63) is 64.1 Å². The first-order valence-corrected chi connectivity index (χ1v) is 8.49. The lowest BCUT2D eigenvalue weighted by Gasteiger charge is -2.19. The molecule has 1 aliphatic heterocycles. The number of anilines is 1. The maximum Gasteiger partial charge on any atom is 0.321 e. The third-order valence-electron chi connectivity index (χ3n) is 3.94. The molecular formula is C18H18BrN3O2. The smallest absolute Gasteiger partial charge is 0.321 e. The third kappa shape index (κ3) is 3.59. The fourth-order valence-corrected chi connectivity index (χ4v) is 2.94. The zero-order valence-electron chi connectivity index (χ0n) is 13.3. The van der Waals surface area contributed by atoms with Crippen LogP contribution in [0.15, 0.2) is 53.0 Å². The van der Waals surface area contributed by atoms with Gasteiger partial charge >= 0.3 is 6.03 Å². The van der Waals surface area contributed by atoms with Gasteiger partial charge in [0, 0.05) is 42.4 Å². The van der Waals surface area contributed by atoms with Gasteiger partial charge in [0.05, 0.1) is 0 Å². The van der Waals surface area contributed by atoms with Crippen LogP contribution in [0.5, 0.6) is 0 Å². The topological polar surface area (TPSA) is 52.7 Å². The standard InChI is InChI=1S/C18H18BrN3O2/c1-21(12-13-5-7-15(19)8-6-13)17(23)14-3-2-4-16(11-14)22-10-9-20-18(22)24/h2-8,11H,9-10,12H2,1H3,(H,20,24). The lowest BCUT2D eigenvalue weighted by atomic mass is 10.1. The number of nitrogens with zero attached hydrogens (tertiary/aromatic N) is 2. The van der Waals surface area contributed by atoms with E-state index in [-0.39, 0.29) is 11.9 Å². The summed E-state index contributed by atoms with van der Waals surface area (Å²) in [5, 5.41) is 2.76. The molecule has 0 radical (unpaired) electrons. The molecule has 1 N–H and O–H groups in total. The molecular weight excluding hydrogens is 370 g/mol. The monoisotopic (exact) mass is 387 g/mol. The lowest BCUT2D eigenvalue weighted by Crippen LogP contribution is -2.29. The van der Waals surface area contributed by atoms with E-state index in [9.17, 15) is 9.59 Å².